The van der Waals surface area contributed by atoms with Gasteiger partial charge in [-0.1, -0.05) is 25.6 Å². The zero-order chi connectivity index (χ0) is 20.1. The van der Waals surface area contributed by atoms with Gasteiger partial charge in [-0.2, -0.15) is 0 Å². The van der Waals surface area contributed by atoms with Crippen LogP contribution >= 0.6 is 11.8 Å². The van der Waals surface area contributed by atoms with Crippen molar-refractivity contribution in [3.63, 3.8) is 0 Å². The van der Waals surface area contributed by atoms with Crippen LogP contribution in [0.25, 0.3) is 0 Å². The minimum Gasteiger partial charge on any atom is -0.482 e. The van der Waals surface area contributed by atoms with Crippen molar-refractivity contribution >= 4 is 29.3 Å². The minimum absolute atomic E-state index is 0.00176. The largest absolute Gasteiger partial charge is 0.482 e. The summed E-state index contributed by atoms with van der Waals surface area (Å²) >= 11 is 1.59. The number of hydrogen-bond acceptors (Lipinski definition) is 6. The molecule has 3 rings (SSSR count). The topological polar surface area (TPSA) is 98.1 Å². The Hall–Kier alpha value is -2.55. The van der Waals surface area contributed by atoms with E-state index in [1.54, 1.807) is 30.0 Å². The van der Waals surface area contributed by atoms with Crippen molar-refractivity contribution in [2.24, 2.45) is 5.92 Å². The van der Waals surface area contributed by atoms with Crippen molar-refractivity contribution < 1.29 is 14.3 Å². The number of hydrogen-bond donors (Lipinski definition) is 2. The third kappa shape index (κ3) is 4.83. The maximum absolute atomic E-state index is 12.4. The molecule has 0 atom stereocenters. The van der Waals surface area contributed by atoms with Crippen LogP contribution < -0.4 is 15.4 Å². The highest BCUT2D eigenvalue weighted by atomic mass is 32.2. The number of anilines is 1. The smallest absolute Gasteiger partial charge is 0.262 e. The molecule has 0 spiro atoms. The average molecular weight is 404 g/mol. The van der Waals surface area contributed by atoms with Gasteiger partial charge in [0.25, 0.3) is 11.8 Å². The van der Waals surface area contributed by atoms with Gasteiger partial charge in [0.05, 0.1) is 5.69 Å². The summed E-state index contributed by atoms with van der Waals surface area (Å²) < 4.78 is 7.46. The Morgan fingerprint density at radius 1 is 1.39 bits per heavy atom. The second-order valence-electron chi connectivity index (χ2n) is 7.01. The maximum atomic E-state index is 12.4. The summed E-state index contributed by atoms with van der Waals surface area (Å²) in [5.41, 5.74) is 1.01. The second-order valence-corrected chi connectivity index (χ2v) is 7.79. The highest BCUT2D eigenvalue weighted by molar-refractivity contribution is 7.98. The lowest BCUT2D eigenvalue weighted by atomic mass is 10.1. The molecule has 0 bridgehead atoms. The van der Waals surface area contributed by atoms with Gasteiger partial charge in [-0.15, -0.1) is 10.2 Å². The predicted molar refractivity (Wildman–Crippen MR) is 108 cm³/mol. The number of fused-ring (bicyclic) bond motifs is 1. The van der Waals surface area contributed by atoms with Crippen LogP contribution in [0.3, 0.4) is 0 Å². The van der Waals surface area contributed by atoms with Gasteiger partial charge in [0.1, 0.15) is 11.6 Å². The molecule has 0 saturated heterocycles. The number of nitrogens with one attached hydrogen (secondary N) is 2. The molecular formula is C19H25N5O3S. The van der Waals surface area contributed by atoms with Gasteiger partial charge in [-0.25, -0.2) is 0 Å². The van der Waals surface area contributed by atoms with Gasteiger partial charge in [-0.05, 0) is 36.8 Å². The third-order valence-electron chi connectivity index (χ3n) is 4.26. The Labute approximate surface area is 168 Å². The van der Waals surface area contributed by atoms with Crippen LogP contribution in [0, 0.1) is 5.92 Å². The Balaban J connectivity index is 1.53. The molecule has 1 aromatic heterocycles. The van der Waals surface area contributed by atoms with E-state index in [2.05, 4.69) is 39.2 Å². The van der Waals surface area contributed by atoms with Crippen LogP contribution in [0.5, 0.6) is 5.75 Å². The van der Waals surface area contributed by atoms with E-state index in [9.17, 15) is 9.59 Å². The highest BCUT2D eigenvalue weighted by Crippen LogP contribution is 2.28. The van der Waals surface area contributed by atoms with Gasteiger partial charge in [0.2, 0.25) is 0 Å². The fraction of sp³-hybridized carbons (Fsp3) is 0.474. The molecule has 2 amide bonds. The van der Waals surface area contributed by atoms with Crippen molar-refractivity contribution in [1.82, 2.24) is 20.1 Å². The summed E-state index contributed by atoms with van der Waals surface area (Å²) in [6.07, 6.45) is 3.51. The molecule has 9 heteroatoms. The van der Waals surface area contributed by atoms with Crippen molar-refractivity contribution in [3.05, 3.63) is 29.6 Å². The van der Waals surface area contributed by atoms with Gasteiger partial charge in [0, 0.05) is 25.1 Å². The van der Waals surface area contributed by atoms with Crippen LogP contribution in [0.1, 0.15) is 36.5 Å². The molecule has 0 aliphatic carbocycles. The van der Waals surface area contributed by atoms with Crippen LogP contribution in [-0.2, 0) is 17.8 Å². The van der Waals surface area contributed by atoms with E-state index in [0.29, 0.717) is 29.5 Å². The molecule has 1 aliphatic heterocycles. The molecule has 1 aliphatic rings. The molecule has 28 heavy (non-hydrogen) atoms. The lowest BCUT2D eigenvalue weighted by Gasteiger charge is -2.18. The van der Waals surface area contributed by atoms with E-state index < -0.39 is 0 Å². The van der Waals surface area contributed by atoms with Crippen molar-refractivity contribution in [3.8, 4) is 5.75 Å². The summed E-state index contributed by atoms with van der Waals surface area (Å²) in [5.74, 6) is 1.62. The fourth-order valence-electron chi connectivity index (χ4n) is 2.98. The zero-order valence-corrected chi connectivity index (χ0v) is 17.1. The molecule has 0 unspecified atom stereocenters. The standard InChI is InChI=1S/C19H25N5O3S/c1-12(2)10-24-16(22-23-19(24)28-3)5-4-8-20-18(26)13-6-7-15-14(9-13)21-17(25)11-27-15/h6-7,9,12H,4-5,8,10-11H2,1-3H3,(H,20,26)(H,21,25). The lowest BCUT2D eigenvalue weighted by molar-refractivity contribution is -0.118. The molecule has 1 aromatic carbocycles. The van der Waals surface area contributed by atoms with Crippen molar-refractivity contribution in [2.45, 2.75) is 38.4 Å². The molecule has 8 nitrogen and oxygen atoms in total. The lowest BCUT2D eigenvalue weighted by Crippen LogP contribution is -2.27. The monoisotopic (exact) mass is 403 g/mol. The fourth-order valence-corrected chi connectivity index (χ4v) is 3.50. The van der Waals surface area contributed by atoms with Gasteiger partial charge < -0.3 is 19.9 Å². The van der Waals surface area contributed by atoms with Crippen LogP contribution in [0.2, 0.25) is 0 Å². The van der Waals surface area contributed by atoms with E-state index in [0.717, 1.165) is 30.4 Å². The van der Waals surface area contributed by atoms with Crippen LogP contribution in [0.15, 0.2) is 23.4 Å². The molecule has 150 valence electrons. The first-order chi connectivity index (χ1) is 13.5. The third-order valence-corrected chi connectivity index (χ3v) is 4.93. The second kappa shape index (κ2) is 9.09. The molecule has 2 N–H and O–H groups in total. The molecule has 2 aromatic rings. The molecular weight excluding hydrogens is 378 g/mol. The first kappa shape index (κ1) is 20.2. The Kier molecular flexibility index (Phi) is 6.56. The number of carbonyl (C=O) groups is 2. The maximum Gasteiger partial charge on any atom is 0.262 e. The summed E-state index contributed by atoms with van der Waals surface area (Å²) in [6, 6.07) is 5.02. The summed E-state index contributed by atoms with van der Waals surface area (Å²) in [5, 5.41) is 15.1. The Morgan fingerprint density at radius 2 is 2.21 bits per heavy atom. The predicted octanol–water partition coefficient (Wildman–Crippen LogP) is 2.35. The Morgan fingerprint density at radius 3 is 2.96 bits per heavy atom. The van der Waals surface area contributed by atoms with Crippen LogP contribution in [0.4, 0.5) is 5.69 Å². The number of ether oxygens (including phenoxy) is 1. The highest BCUT2D eigenvalue weighted by Gasteiger charge is 2.18. The number of rotatable bonds is 8. The zero-order valence-electron chi connectivity index (χ0n) is 16.3. The van der Waals surface area contributed by atoms with E-state index in [-0.39, 0.29) is 18.4 Å². The van der Waals surface area contributed by atoms with Gasteiger partial charge in [-0.3, -0.25) is 9.59 Å². The van der Waals surface area contributed by atoms with E-state index in [1.807, 2.05) is 6.26 Å². The van der Waals surface area contributed by atoms with E-state index in [4.69, 9.17) is 4.74 Å². The minimum atomic E-state index is -0.222. The summed E-state index contributed by atoms with van der Waals surface area (Å²) in [6.45, 7) is 5.74. The number of amides is 2. The van der Waals surface area contributed by atoms with Gasteiger partial charge >= 0.3 is 0 Å². The molecule has 2 heterocycles. The quantitative estimate of drug-likeness (QED) is 0.519. The molecule has 0 fully saturated rings. The average Bonchev–Trinajstić information content (AvgIpc) is 3.05. The summed E-state index contributed by atoms with van der Waals surface area (Å²) in [7, 11) is 0. The first-order valence-electron chi connectivity index (χ1n) is 9.29. The number of thioether (sulfide) groups is 1. The normalized spacial score (nSPS) is 13.1. The van der Waals surface area contributed by atoms with Crippen LogP contribution in [-0.4, -0.2) is 46.0 Å². The molecule has 0 radical (unpaired) electrons. The SMILES string of the molecule is CSc1nnc(CCCNC(=O)c2ccc3c(c2)NC(=O)CO3)n1CC(C)C. The van der Waals surface area contributed by atoms with Crippen molar-refractivity contribution in [2.75, 3.05) is 24.7 Å². The number of carbonyl (C=O) groups excluding carboxylic acids is 2. The van der Waals surface area contributed by atoms with E-state index >= 15 is 0 Å². The number of aromatic nitrogens is 3. The van der Waals surface area contributed by atoms with E-state index in [1.165, 1.54) is 0 Å². The Bertz CT molecular complexity index is 865. The van der Waals surface area contributed by atoms with Crippen molar-refractivity contribution in [1.29, 1.82) is 0 Å². The number of benzene rings is 1. The number of nitrogens with zero attached hydrogens (tertiary/aromatic N) is 3. The van der Waals surface area contributed by atoms with Gasteiger partial charge in [0.15, 0.2) is 11.8 Å². The number of aryl methyl sites for hydroxylation is 1. The summed E-state index contributed by atoms with van der Waals surface area (Å²) in [4.78, 5) is 23.8. The first-order valence-corrected chi connectivity index (χ1v) is 10.5. The molecule has 0 saturated carbocycles.